The molecule has 1 aliphatic heterocycles. The van der Waals surface area contributed by atoms with Crippen molar-refractivity contribution in [1.82, 2.24) is 0 Å². The summed E-state index contributed by atoms with van der Waals surface area (Å²) in [6, 6.07) is 8.26. The van der Waals surface area contributed by atoms with E-state index in [9.17, 15) is 5.11 Å². The standard InChI is InChI=1S/C13H19NO2/c1-13(15,9-14)8-12-11-5-3-2-4-10(11)6-7-16-12/h2-5,12,15H,6-9,14H2,1H3. The molecule has 1 aromatic carbocycles. The van der Waals surface area contributed by atoms with Gasteiger partial charge in [0.2, 0.25) is 0 Å². The van der Waals surface area contributed by atoms with Gasteiger partial charge in [0, 0.05) is 13.0 Å². The molecule has 0 spiro atoms. The molecule has 0 fully saturated rings. The Kier molecular flexibility index (Phi) is 3.28. The SMILES string of the molecule is CC(O)(CN)CC1OCCc2ccccc21. The first-order chi connectivity index (χ1) is 7.62. The normalized spacial score (nSPS) is 23.6. The van der Waals surface area contributed by atoms with Crippen LogP contribution in [0.2, 0.25) is 0 Å². The molecule has 0 aliphatic carbocycles. The lowest BCUT2D eigenvalue weighted by Crippen LogP contribution is -2.37. The van der Waals surface area contributed by atoms with Crippen LogP contribution in [0.3, 0.4) is 0 Å². The van der Waals surface area contributed by atoms with Gasteiger partial charge in [-0.2, -0.15) is 0 Å². The second-order valence-electron chi connectivity index (χ2n) is 4.71. The molecule has 0 radical (unpaired) electrons. The van der Waals surface area contributed by atoms with Gasteiger partial charge >= 0.3 is 0 Å². The van der Waals surface area contributed by atoms with Crippen LogP contribution in [0.5, 0.6) is 0 Å². The lowest BCUT2D eigenvalue weighted by Gasteiger charge is -2.31. The Balaban J connectivity index is 2.19. The smallest absolute Gasteiger partial charge is 0.0855 e. The number of hydrogen-bond acceptors (Lipinski definition) is 3. The first kappa shape index (κ1) is 11.6. The summed E-state index contributed by atoms with van der Waals surface area (Å²) in [4.78, 5) is 0. The molecule has 3 N–H and O–H groups in total. The summed E-state index contributed by atoms with van der Waals surface area (Å²) >= 11 is 0. The summed E-state index contributed by atoms with van der Waals surface area (Å²) in [7, 11) is 0. The maximum Gasteiger partial charge on any atom is 0.0855 e. The van der Waals surface area contributed by atoms with Crippen molar-refractivity contribution in [3.05, 3.63) is 35.4 Å². The van der Waals surface area contributed by atoms with E-state index in [1.54, 1.807) is 6.92 Å². The number of benzene rings is 1. The zero-order valence-corrected chi connectivity index (χ0v) is 9.65. The van der Waals surface area contributed by atoms with E-state index in [0.29, 0.717) is 6.42 Å². The van der Waals surface area contributed by atoms with Crippen molar-refractivity contribution in [2.75, 3.05) is 13.2 Å². The van der Waals surface area contributed by atoms with Crippen molar-refractivity contribution < 1.29 is 9.84 Å². The molecule has 0 bridgehead atoms. The number of rotatable bonds is 3. The Hall–Kier alpha value is -0.900. The average molecular weight is 221 g/mol. The van der Waals surface area contributed by atoms with Crippen molar-refractivity contribution in [2.24, 2.45) is 5.73 Å². The highest BCUT2D eigenvalue weighted by molar-refractivity contribution is 5.31. The predicted octanol–water partition coefficient (Wildman–Crippen LogP) is 1.40. The second-order valence-corrected chi connectivity index (χ2v) is 4.71. The number of hydrogen-bond donors (Lipinski definition) is 2. The maximum absolute atomic E-state index is 10.00. The highest BCUT2D eigenvalue weighted by Gasteiger charge is 2.28. The van der Waals surface area contributed by atoms with Crippen LogP contribution in [0, 0.1) is 0 Å². The van der Waals surface area contributed by atoms with Gasteiger partial charge in [-0.25, -0.2) is 0 Å². The molecule has 0 saturated carbocycles. The van der Waals surface area contributed by atoms with Gasteiger partial charge in [0.15, 0.2) is 0 Å². The maximum atomic E-state index is 10.00. The van der Waals surface area contributed by atoms with E-state index in [2.05, 4.69) is 12.1 Å². The summed E-state index contributed by atoms with van der Waals surface area (Å²) in [5.41, 5.74) is 7.21. The largest absolute Gasteiger partial charge is 0.389 e. The topological polar surface area (TPSA) is 55.5 Å². The molecule has 2 atom stereocenters. The molecule has 0 amide bonds. The van der Waals surface area contributed by atoms with Gasteiger partial charge in [-0.05, 0) is 24.5 Å². The van der Waals surface area contributed by atoms with E-state index in [4.69, 9.17) is 10.5 Å². The van der Waals surface area contributed by atoms with E-state index in [0.717, 1.165) is 13.0 Å². The number of ether oxygens (including phenoxy) is 1. The fourth-order valence-corrected chi connectivity index (χ4v) is 2.13. The minimum absolute atomic E-state index is 0.0245. The number of aliphatic hydroxyl groups is 1. The van der Waals surface area contributed by atoms with Crippen LogP contribution in [0.4, 0.5) is 0 Å². The molecule has 0 aromatic heterocycles. The fourth-order valence-electron chi connectivity index (χ4n) is 2.13. The number of nitrogens with two attached hydrogens (primary N) is 1. The van der Waals surface area contributed by atoms with Crippen LogP contribution < -0.4 is 5.73 Å². The molecule has 1 aromatic rings. The van der Waals surface area contributed by atoms with Gasteiger partial charge in [-0.1, -0.05) is 24.3 Å². The highest BCUT2D eigenvalue weighted by Crippen LogP contribution is 2.32. The van der Waals surface area contributed by atoms with Crippen molar-refractivity contribution >= 4 is 0 Å². The molecular formula is C13H19NO2. The van der Waals surface area contributed by atoms with E-state index < -0.39 is 5.60 Å². The molecule has 1 heterocycles. The summed E-state index contributed by atoms with van der Waals surface area (Å²) in [5.74, 6) is 0. The van der Waals surface area contributed by atoms with E-state index >= 15 is 0 Å². The van der Waals surface area contributed by atoms with Gasteiger partial charge in [0.05, 0.1) is 18.3 Å². The van der Waals surface area contributed by atoms with Crippen LogP contribution in [0.1, 0.15) is 30.6 Å². The van der Waals surface area contributed by atoms with Crippen molar-refractivity contribution in [3.8, 4) is 0 Å². The van der Waals surface area contributed by atoms with Crippen molar-refractivity contribution in [3.63, 3.8) is 0 Å². The Morgan fingerprint density at radius 3 is 3.00 bits per heavy atom. The lowest BCUT2D eigenvalue weighted by molar-refractivity contribution is -0.0322. The number of fused-ring (bicyclic) bond motifs is 1. The van der Waals surface area contributed by atoms with Gasteiger partial charge in [-0.15, -0.1) is 0 Å². The van der Waals surface area contributed by atoms with E-state index in [-0.39, 0.29) is 12.6 Å². The Morgan fingerprint density at radius 1 is 1.50 bits per heavy atom. The molecule has 3 nitrogen and oxygen atoms in total. The average Bonchev–Trinajstić information content (AvgIpc) is 2.29. The van der Waals surface area contributed by atoms with Crippen LogP contribution in [0.15, 0.2) is 24.3 Å². The summed E-state index contributed by atoms with van der Waals surface area (Å²) in [6.45, 7) is 2.74. The fraction of sp³-hybridized carbons (Fsp3) is 0.538. The zero-order valence-electron chi connectivity index (χ0n) is 9.65. The van der Waals surface area contributed by atoms with E-state index in [1.807, 2.05) is 12.1 Å². The first-order valence-electron chi connectivity index (χ1n) is 5.74. The Bertz CT molecular complexity index is 363. The summed E-state index contributed by atoms with van der Waals surface area (Å²) in [5, 5.41) is 10.00. The predicted molar refractivity (Wildman–Crippen MR) is 63.1 cm³/mol. The molecule has 88 valence electrons. The summed E-state index contributed by atoms with van der Waals surface area (Å²) in [6.07, 6.45) is 1.49. The zero-order chi connectivity index (χ0) is 11.6. The second kappa shape index (κ2) is 4.53. The van der Waals surface area contributed by atoms with Gasteiger partial charge < -0.3 is 15.6 Å². The lowest BCUT2D eigenvalue weighted by atomic mass is 9.89. The van der Waals surface area contributed by atoms with Gasteiger partial charge in [0.25, 0.3) is 0 Å². The van der Waals surface area contributed by atoms with Gasteiger partial charge in [0.1, 0.15) is 0 Å². The quantitative estimate of drug-likeness (QED) is 0.811. The Morgan fingerprint density at radius 2 is 2.25 bits per heavy atom. The van der Waals surface area contributed by atoms with Crippen LogP contribution in [0.25, 0.3) is 0 Å². The van der Waals surface area contributed by atoms with Crippen molar-refractivity contribution in [1.29, 1.82) is 0 Å². The first-order valence-corrected chi connectivity index (χ1v) is 5.74. The molecule has 2 rings (SSSR count). The molecular weight excluding hydrogens is 202 g/mol. The molecule has 2 unspecified atom stereocenters. The van der Waals surface area contributed by atoms with Crippen LogP contribution >= 0.6 is 0 Å². The molecule has 1 aliphatic rings. The third kappa shape index (κ3) is 2.43. The molecule has 16 heavy (non-hydrogen) atoms. The third-order valence-electron chi connectivity index (χ3n) is 3.16. The third-order valence-corrected chi connectivity index (χ3v) is 3.16. The van der Waals surface area contributed by atoms with Gasteiger partial charge in [-0.3, -0.25) is 0 Å². The Labute approximate surface area is 96.2 Å². The van der Waals surface area contributed by atoms with Crippen LogP contribution in [-0.4, -0.2) is 23.9 Å². The van der Waals surface area contributed by atoms with Crippen LogP contribution in [-0.2, 0) is 11.2 Å². The summed E-state index contributed by atoms with van der Waals surface area (Å²) < 4.78 is 5.73. The van der Waals surface area contributed by atoms with E-state index in [1.165, 1.54) is 11.1 Å². The highest BCUT2D eigenvalue weighted by atomic mass is 16.5. The minimum atomic E-state index is -0.852. The monoisotopic (exact) mass is 221 g/mol. The molecule has 3 heteroatoms. The van der Waals surface area contributed by atoms with Crippen molar-refractivity contribution in [2.45, 2.75) is 31.5 Å². The minimum Gasteiger partial charge on any atom is -0.389 e. The molecule has 0 saturated heterocycles.